The van der Waals surface area contributed by atoms with Crippen LogP contribution in [0.1, 0.15) is 37.1 Å². The SMILES string of the molecule is Cc1oc(-c2ccco2)nc1CC(=O)N1CCCCC1CNC(=O)CCN. The first-order valence-corrected chi connectivity index (χ1v) is 9.35. The standard InChI is InChI=1S/C19H26N4O4/c1-13-15(22-19(27-13)16-6-4-10-26-16)11-18(25)23-9-3-2-5-14(23)12-21-17(24)7-8-20/h4,6,10,14H,2-3,5,7-9,11-12,20H2,1H3,(H,21,24). The zero-order chi connectivity index (χ0) is 19.2. The molecule has 0 spiro atoms. The highest BCUT2D eigenvalue weighted by atomic mass is 16.4. The number of amides is 2. The van der Waals surface area contributed by atoms with Gasteiger partial charge in [-0.3, -0.25) is 9.59 Å². The number of carbonyl (C=O) groups is 2. The Hall–Kier alpha value is -2.61. The van der Waals surface area contributed by atoms with Gasteiger partial charge in [-0.2, -0.15) is 0 Å². The molecule has 3 N–H and O–H groups in total. The lowest BCUT2D eigenvalue weighted by molar-refractivity contribution is -0.134. The highest BCUT2D eigenvalue weighted by molar-refractivity contribution is 5.79. The van der Waals surface area contributed by atoms with Crippen LogP contribution in [0.25, 0.3) is 11.7 Å². The van der Waals surface area contributed by atoms with Gasteiger partial charge in [0.25, 0.3) is 5.89 Å². The molecule has 27 heavy (non-hydrogen) atoms. The number of nitrogens with two attached hydrogens (primary N) is 1. The minimum atomic E-state index is -0.0779. The molecular formula is C19H26N4O4. The van der Waals surface area contributed by atoms with Crippen LogP contribution in [0.2, 0.25) is 0 Å². The first-order chi connectivity index (χ1) is 13.1. The van der Waals surface area contributed by atoms with Crippen molar-refractivity contribution in [1.29, 1.82) is 0 Å². The molecule has 1 aliphatic rings. The van der Waals surface area contributed by atoms with Gasteiger partial charge in [0.15, 0.2) is 5.76 Å². The maximum atomic E-state index is 12.9. The Morgan fingerprint density at radius 3 is 3.00 bits per heavy atom. The number of nitrogens with one attached hydrogen (secondary N) is 1. The summed E-state index contributed by atoms with van der Waals surface area (Å²) in [6, 6.07) is 3.53. The van der Waals surface area contributed by atoms with Gasteiger partial charge >= 0.3 is 0 Å². The summed E-state index contributed by atoms with van der Waals surface area (Å²) < 4.78 is 10.9. The van der Waals surface area contributed by atoms with Gasteiger partial charge in [0.05, 0.1) is 18.4 Å². The topological polar surface area (TPSA) is 115 Å². The van der Waals surface area contributed by atoms with Gasteiger partial charge in [-0.25, -0.2) is 4.98 Å². The number of oxazole rings is 1. The Kier molecular flexibility index (Phi) is 6.28. The molecule has 1 aliphatic heterocycles. The first-order valence-electron chi connectivity index (χ1n) is 9.35. The number of likely N-dealkylation sites (tertiary alicyclic amines) is 1. The molecule has 1 fully saturated rings. The molecule has 8 nitrogen and oxygen atoms in total. The van der Waals surface area contributed by atoms with Crippen LogP contribution < -0.4 is 11.1 Å². The number of aryl methyl sites for hydroxylation is 1. The fourth-order valence-corrected chi connectivity index (χ4v) is 3.33. The molecule has 0 aliphatic carbocycles. The van der Waals surface area contributed by atoms with Gasteiger partial charge < -0.3 is 24.8 Å². The monoisotopic (exact) mass is 374 g/mol. The smallest absolute Gasteiger partial charge is 0.263 e. The van der Waals surface area contributed by atoms with E-state index in [-0.39, 0.29) is 24.3 Å². The molecule has 0 radical (unpaired) electrons. The molecule has 2 aromatic heterocycles. The fourth-order valence-electron chi connectivity index (χ4n) is 3.33. The summed E-state index contributed by atoms with van der Waals surface area (Å²) in [6.07, 6.45) is 4.92. The van der Waals surface area contributed by atoms with E-state index >= 15 is 0 Å². The summed E-state index contributed by atoms with van der Waals surface area (Å²) in [7, 11) is 0. The van der Waals surface area contributed by atoms with Gasteiger partial charge in [0.2, 0.25) is 11.8 Å². The molecule has 1 unspecified atom stereocenters. The van der Waals surface area contributed by atoms with Crippen molar-refractivity contribution in [3.05, 3.63) is 29.9 Å². The number of nitrogens with zero attached hydrogens (tertiary/aromatic N) is 2. The lowest BCUT2D eigenvalue weighted by Gasteiger charge is -2.36. The molecule has 0 saturated carbocycles. The van der Waals surface area contributed by atoms with Gasteiger partial charge in [-0.05, 0) is 38.3 Å². The van der Waals surface area contributed by atoms with E-state index in [2.05, 4.69) is 10.3 Å². The second kappa shape index (κ2) is 8.85. The molecule has 1 saturated heterocycles. The zero-order valence-electron chi connectivity index (χ0n) is 15.6. The van der Waals surface area contributed by atoms with Crippen LogP contribution in [0.3, 0.4) is 0 Å². The molecular weight excluding hydrogens is 348 g/mol. The molecule has 0 bridgehead atoms. The normalized spacial score (nSPS) is 17.1. The van der Waals surface area contributed by atoms with E-state index in [1.807, 2.05) is 4.90 Å². The van der Waals surface area contributed by atoms with E-state index in [0.717, 1.165) is 19.3 Å². The van der Waals surface area contributed by atoms with Crippen molar-refractivity contribution in [2.75, 3.05) is 19.6 Å². The van der Waals surface area contributed by atoms with Crippen LogP contribution in [-0.4, -0.2) is 47.4 Å². The summed E-state index contributed by atoms with van der Waals surface area (Å²) in [5.41, 5.74) is 6.02. The summed E-state index contributed by atoms with van der Waals surface area (Å²) >= 11 is 0. The highest BCUT2D eigenvalue weighted by Crippen LogP contribution is 2.24. The van der Waals surface area contributed by atoms with E-state index in [0.29, 0.717) is 49.2 Å². The number of hydrogen-bond acceptors (Lipinski definition) is 6. The zero-order valence-corrected chi connectivity index (χ0v) is 15.6. The van der Waals surface area contributed by atoms with Crippen LogP contribution >= 0.6 is 0 Å². The lowest BCUT2D eigenvalue weighted by Crippen LogP contribution is -2.50. The number of aromatic nitrogens is 1. The van der Waals surface area contributed by atoms with Crippen LogP contribution in [0, 0.1) is 6.92 Å². The summed E-state index contributed by atoms with van der Waals surface area (Å²) in [5, 5.41) is 2.88. The largest absolute Gasteiger partial charge is 0.459 e. The van der Waals surface area contributed by atoms with Crippen molar-refractivity contribution < 1.29 is 18.4 Å². The Bertz CT molecular complexity index is 769. The van der Waals surface area contributed by atoms with E-state index in [4.69, 9.17) is 14.6 Å². The van der Waals surface area contributed by atoms with Crippen molar-refractivity contribution in [3.8, 4) is 11.7 Å². The van der Waals surface area contributed by atoms with Crippen LogP contribution in [0.15, 0.2) is 27.2 Å². The Morgan fingerprint density at radius 2 is 2.26 bits per heavy atom. The molecule has 2 aromatic rings. The van der Waals surface area contributed by atoms with Crippen molar-refractivity contribution in [2.45, 2.75) is 45.1 Å². The maximum Gasteiger partial charge on any atom is 0.263 e. The lowest BCUT2D eigenvalue weighted by atomic mass is 10.0. The number of piperidine rings is 1. The Balaban J connectivity index is 1.64. The third-order valence-electron chi connectivity index (χ3n) is 4.80. The van der Waals surface area contributed by atoms with E-state index < -0.39 is 0 Å². The molecule has 3 heterocycles. The third kappa shape index (κ3) is 4.77. The number of furan rings is 1. The van der Waals surface area contributed by atoms with Crippen LogP contribution in [0.4, 0.5) is 0 Å². The van der Waals surface area contributed by atoms with Gasteiger partial charge in [0, 0.05) is 32.1 Å². The number of carbonyl (C=O) groups excluding carboxylic acids is 2. The summed E-state index contributed by atoms with van der Waals surface area (Å²) in [5.74, 6) is 1.44. The van der Waals surface area contributed by atoms with Crippen molar-refractivity contribution in [2.24, 2.45) is 5.73 Å². The minimum absolute atomic E-state index is 0.00438. The average Bonchev–Trinajstić information content (AvgIpc) is 3.31. The summed E-state index contributed by atoms with van der Waals surface area (Å²) in [6.45, 7) is 3.27. The molecule has 8 heteroatoms. The number of hydrogen-bond donors (Lipinski definition) is 2. The quantitative estimate of drug-likeness (QED) is 0.761. The van der Waals surface area contributed by atoms with Crippen molar-refractivity contribution >= 4 is 11.8 Å². The molecule has 3 rings (SSSR count). The fraction of sp³-hybridized carbons (Fsp3) is 0.526. The second-order valence-corrected chi connectivity index (χ2v) is 6.76. The maximum absolute atomic E-state index is 12.9. The average molecular weight is 374 g/mol. The van der Waals surface area contributed by atoms with Gasteiger partial charge in [-0.15, -0.1) is 0 Å². The molecule has 146 valence electrons. The van der Waals surface area contributed by atoms with Gasteiger partial charge in [0.1, 0.15) is 5.76 Å². The van der Waals surface area contributed by atoms with Crippen LogP contribution in [0.5, 0.6) is 0 Å². The first kappa shape index (κ1) is 19.2. The predicted octanol–water partition coefficient (Wildman–Crippen LogP) is 1.63. The Labute approximate surface area is 158 Å². The van der Waals surface area contributed by atoms with E-state index in [1.165, 1.54) is 0 Å². The van der Waals surface area contributed by atoms with Crippen molar-refractivity contribution in [3.63, 3.8) is 0 Å². The van der Waals surface area contributed by atoms with E-state index in [9.17, 15) is 9.59 Å². The minimum Gasteiger partial charge on any atom is -0.459 e. The third-order valence-corrected chi connectivity index (χ3v) is 4.80. The van der Waals surface area contributed by atoms with Crippen LogP contribution in [-0.2, 0) is 16.0 Å². The summed E-state index contributed by atoms with van der Waals surface area (Å²) in [4.78, 5) is 30.8. The second-order valence-electron chi connectivity index (χ2n) is 6.76. The molecule has 0 aromatic carbocycles. The Morgan fingerprint density at radius 1 is 1.41 bits per heavy atom. The van der Waals surface area contributed by atoms with Crippen molar-refractivity contribution in [1.82, 2.24) is 15.2 Å². The highest BCUT2D eigenvalue weighted by Gasteiger charge is 2.28. The van der Waals surface area contributed by atoms with E-state index in [1.54, 1.807) is 25.3 Å². The predicted molar refractivity (Wildman–Crippen MR) is 98.7 cm³/mol. The van der Waals surface area contributed by atoms with Gasteiger partial charge in [-0.1, -0.05) is 0 Å². The molecule has 2 amide bonds. The molecule has 1 atom stereocenters. The number of rotatable bonds is 7.